The second kappa shape index (κ2) is 7.20. The van der Waals surface area contributed by atoms with Crippen molar-refractivity contribution in [2.45, 2.75) is 13.8 Å². The minimum absolute atomic E-state index is 0.0907. The number of hydrogen-bond donors (Lipinski definition) is 2. The zero-order valence-electron chi connectivity index (χ0n) is 11.0. The molecule has 0 saturated heterocycles. The lowest BCUT2D eigenvalue weighted by molar-refractivity contribution is -0.131. The van der Waals surface area contributed by atoms with Gasteiger partial charge in [-0.3, -0.25) is 4.79 Å². The van der Waals surface area contributed by atoms with Gasteiger partial charge < -0.3 is 15.2 Å². The van der Waals surface area contributed by atoms with Crippen molar-refractivity contribution in [2.75, 3.05) is 13.2 Å². The molecule has 0 radical (unpaired) electrons. The lowest BCUT2D eigenvalue weighted by Gasteiger charge is -2.11. The van der Waals surface area contributed by atoms with Gasteiger partial charge in [0.2, 0.25) is 0 Å². The lowest BCUT2D eigenvalue weighted by Crippen LogP contribution is -2.28. The quantitative estimate of drug-likeness (QED) is 0.764. The number of benzene rings is 1. The van der Waals surface area contributed by atoms with Gasteiger partial charge in [0.25, 0.3) is 5.91 Å². The number of para-hydroxylation sites is 1. The summed E-state index contributed by atoms with van der Waals surface area (Å²) in [5.74, 6) is -0.721. The predicted molar refractivity (Wildman–Crippen MR) is 72.0 cm³/mol. The number of aryl methyl sites for hydroxylation is 1. The largest absolute Gasteiger partial charge is 0.483 e. The van der Waals surface area contributed by atoms with E-state index in [4.69, 9.17) is 9.84 Å². The highest BCUT2D eigenvalue weighted by molar-refractivity contribution is 5.86. The van der Waals surface area contributed by atoms with E-state index in [2.05, 4.69) is 5.32 Å². The normalized spacial score (nSPS) is 10.4. The van der Waals surface area contributed by atoms with Gasteiger partial charge in [-0.25, -0.2) is 4.79 Å². The summed E-state index contributed by atoms with van der Waals surface area (Å²) >= 11 is 0. The van der Waals surface area contributed by atoms with Crippen molar-refractivity contribution >= 4 is 18.0 Å². The van der Waals surface area contributed by atoms with Gasteiger partial charge in [0.05, 0.1) is 0 Å². The van der Waals surface area contributed by atoms with Gasteiger partial charge in [0.15, 0.2) is 6.61 Å². The fourth-order valence-electron chi connectivity index (χ4n) is 1.55. The highest BCUT2D eigenvalue weighted by Gasteiger charge is 2.07. The Morgan fingerprint density at radius 3 is 2.79 bits per heavy atom. The molecule has 19 heavy (non-hydrogen) atoms. The summed E-state index contributed by atoms with van der Waals surface area (Å²) < 4.78 is 5.46. The number of carbonyl (C=O) groups excluding carboxylic acids is 1. The topological polar surface area (TPSA) is 75.6 Å². The molecule has 2 N–H and O–H groups in total. The maximum Gasteiger partial charge on any atom is 0.328 e. The van der Waals surface area contributed by atoms with Crippen LogP contribution in [-0.4, -0.2) is 30.1 Å². The van der Waals surface area contributed by atoms with E-state index in [1.54, 1.807) is 12.1 Å². The smallest absolute Gasteiger partial charge is 0.328 e. The number of rotatable bonds is 6. The van der Waals surface area contributed by atoms with E-state index in [9.17, 15) is 9.59 Å². The molecule has 5 nitrogen and oxygen atoms in total. The summed E-state index contributed by atoms with van der Waals surface area (Å²) in [6.07, 6.45) is 2.48. The van der Waals surface area contributed by atoms with Gasteiger partial charge in [-0.2, -0.15) is 0 Å². The zero-order valence-corrected chi connectivity index (χ0v) is 11.0. The Bertz CT molecular complexity index is 494. The van der Waals surface area contributed by atoms with Crippen LogP contribution in [0.25, 0.3) is 6.08 Å². The maximum absolute atomic E-state index is 11.4. The van der Waals surface area contributed by atoms with Gasteiger partial charge in [-0.15, -0.1) is 0 Å². The first-order valence-corrected chi connectivity index (χ1v) is 5.94. The molecule has 0 aliphatic heterocycles. The van der Waals surface area contributed by atoms with Crippen LogP contribution >= 0.6 is 0 Å². The number of likely N-dealkylation sites (N-methyl/N-ethyl adjacent to an activating group) is 1. The minimum atomic E-state index is -1.03. The second-order valence-electron chi connectivity index (χ2n) is 3.91. The predicted octanol–water partition coefficient (Wildman–Crippen LogP) is 1.61. The molecule has 0 saturated carbocycles. The monoisotopic (exact) mass is 263 g/mol. The SMILES string of the molecule is CCNC(=O)COc1c(C)cccc1/C=C/C(=O)O. The average molecular weight is 263 g/mol. The van der Waals surface area contributed by atoms with Crippen LogP contribution < -0.4 is 10.1 Å². The second-order valence-corrected chi connectivity index (χ2v) is 3.91. The number of ether oxygens (including phenoxy) is 1. The van der Waals surface area contributed by atoms with Crippen LogP contribution in [-0.2, 0) is 9.59 Å². The highest BCUT2D eigenvalue weighted by atomic mass is 16.5. The number of aliphatic carboxylic acids is 1. The fourth-order valence-corrected chi connectivity index (χ4v) is 1.55. The summed E-state index contributed by atoms with van der Waals surface area (Å²) in [6, 6.07) is 5.38. The lowest BCUT2D eigenvalue weighted by atomic mass is 10.1. The molecule has 0 aliphatic rings. The van der Waals surface area contributed by atoms with Crippen LogP contribution in [0.3, 0.4) is 0 Å². The third kappa shape index (κ3) is 4.83. The van der Waals surface area contributed by atoms with Gasteiger partial charge in [-0.1, -0.05) is 18.2 Å². The van der Waals surface area contributed by atoms with Gasteiger partial charge in [0, 0.05) is 18.2 Å². The molecule has 0 fully saturated rings. The van der Waals surface area contributed by atoms with E-state index < -0.39 is 5.97 Å². The van der Waals surface area contributed by atoms with E-state index in [1.165, 1.54) is 6.08 Å². The van der Waals surface area contributed by atoms with Crippen LogP contribution in [0.5, 0.6) is 5.75 Å². The number of carboxylic acids is 1. The Morgan fingerprint density at radius 1 is 1.42 bits per heavy atom. The molecule has 0 atom stereocenters. The molecule has 0 aromatic heterocycles. The third-order valence-corrected chi connectivity index (χ3v) is 2.37. The Kier molecular flexibility index (Phi) is 5.60. The van der Waals surface area contributed by atoms with Crippen molar-refractivity contribution in [3.63, 3.8) is 0 Å². The number of hydrogen-bond acceptors (Lipinski definition) is 3. The van der Waals surface area contributed by atoms with Crippen LogP contribution in [0, 0.1) is 6.92 Å². The standard InChI is InChI=1S/C14H17NO4/c1-3-15-12(16)9-19-14-10(2)5-4-6-11(14)7-8-13(17)18/h4-8H,3,9H2,1-2H3,(H,15,16)(H,17,18)/b8-7+. The fraction of sp³-hybridized carbons (Fsp3) is 0.286. The Hall–Kier alpha value is -2.30. The van der Waals surface area contributed by atoms with Crippen molar-refractivity contribution in [3.8, 4) is 5.75 Å². The van der Waals surface area contributed by atoms with Crippen LogP contribution in [0.4, 0.5) is 0 Å². The maximum atomic E-state index is 11.4. The molecule has 5 heteroatoms. The van der Waals surface area contributed by atoms with Crippen molar-refractivity contribution in [2.24, 2.45) is 0 Å². The number of carbonyl (C=O) groups is 2. The molecule has 1 aromatic rings. The van der Waals surface area contributed by atoms with E-state index in [0.717, 1.165) is 11.6 Å². The Balaban J connectivity index is 2.86. The van der Waals surface area contributed by atoms with Crippen molar-refractivity contribution in [1.82, 2.24) is 5.32 Å². The van der Waals surface area contributed by atoms with Crippen molar-refractivity contribution in [1.29, 1.82) is 0 Å². The van der Waals surface area contributed by atoms with E-state index in [1.807, 2.05) is 19.9 Å². The molecule has 0 bridgehead atoms. The van der Waals surface area contributed by atoms with Gasteiger partial charge >= 0.3 is 5.97 Å². The highest BCUT2D eigenvalue weighted by Crippen LogP contribution is 2.24. The first-order valence-electron chi connectivity index (χ1n) is 5.94. The molecular weight excluding hydrogens is 246 g/mol. The molecule has 0 heterocycles. The third-order valence-electron chi connectivity index (χ3n) is 2.37. The average Bonchev–Trinajstić information content (AvgIpc) is 2.35. The number of carboxylic acid groups (broad SMARTS) is 1. The van der Waals surface area contributed by atoms with E-state index in [0.29, 0.717) is 17.9 Å². The summed E-state index contributed by atoms with van der Waals surface area (Å²) in [4.78, 5) is 21.9. The van der Waals surface area contributed by atoms with Crippen molar-refractivity contribution < 1.29 is 19.4 Å². The molecule has 0 spiro atoms. The molecule has 1 aromatic carbocycles. The summed E-state index contributed by atoms with van der Waals surface area (Å²) in [5, 5.41) is 11.3. The number of amides is 1. The van der Waals surface area contributed by atoms with Crippen molar-refractivity contribution in [3.05, 3.63) is 35.4 Å². The Labute approximate surface area is 111 Å². The van der Waals surface area contributed by atoms with E-state index in [-0.39, 0.29) is 12.5 Å². The summed E-state index contributed by atoms with van der Waals surface area (Å²) in [7, 11) is 0. The van der Waals surface area contributed by atoms with Crippen LogP contribution in [0.1, 0.15) is 18.1 Å². The first-order chi connectivity index (χ1) is 9.04. The molecule has 1 rings (SSSR count). The minimum Gasteiger partial charge on any atom is -0.483 e. The van der Waals surface area contributed by atoms with Gasteiger partial charge in [-0.05, 0) is 25.5 Å². The zero-order chi connectivity index (χ0) is 14.3. The van der Waals surface area contributed by atoms with Crippen LogP contribution in [0.2, 0.25) is 0 Å². The number of nitrogens with one attached hydrogen (secondary N) is 1. The molecule has 1 amide bonds. The summed E-state index contributed by atoms with van der Waals surface area (Å²) in [5.41, 5.74) is 1.48. The molecule has 0 aliphatic carbocycles. The van der Waals surface area contributed by atoms with Crippen LogP contribution in [0.15, 0.2) is 24.3 Å². The molecule has 0 unspecified atom stereocenters. The Morgan fingerprint density at radius 2 is 2.16 bits per heavy atom. The first kappa shape index (κ1) is 14.8. The van der Waals surface area contributed by atoms with Gasteiger partial charge in [0.1, 0.15) is 5.75 Å². The molecular formula is C14H17NO4. The van der Waals surface area contributed by atoms with E-state index >= 15 is 0 Å². The summed E-state index contributed by atoms with van der Waals surface area (Å²) in [6.45, 7) is 4.12. The molecule has 102 valence electrons.